The third-order valence-electron chi connectivity index (χ3n) is 5.80. The maximum absolute atomic E-state index is 14.6. The maximum atomic E-state index is 14.6. The first-order chi connectivity index (χ1) is 13.5. The van der Waals surface area contributed by atoms with E-state index in [4.69, 9.17) is 4.42 Å². The molecule has 3 heteroatoms. The molecule has 0 aliphatic heterocycles. The van der Waals surface area contributed by atoms with Gasteiger partial charge in [-0.2, -0.15) is 0 Å². The van der Waals surface area contributed by atoms with Crippen molar-refractivity contribution in [2.45, 2.75) is 20.8 Å². The zero-order valence-corrected chi connectivity index (χ0v) is 16.4. The quantitative estimate of drug-likeness (QED) is 0.317. The maximum Gasteiger partial charge on any atom is 0.216 e. The SMILES string of the molecule is Cc1cc(-c2c(C)ccc3c2oc2cc(F)c4ccccc4c23)[n+](C)cc1C. The number of pyridine rings is 1. The van der Waals surface area contributed by atoms with Crippen LogP contribution >= 0.6 is 0 Å². The molecule has 0 radical (unpaired) electrons. The molecule has 0 amide bonds. The standard InChI is InChI=1S/C25H21FNO/c1-14-9-10-19-24-18-8-6-5-7-17(18)20(26)12-22(24)28-25(19)23(14)21-11-15(2)16(3)13-27(21)4/h5-13H,1-4H3/q+1. The van der Waals surface area contributed by atoms with Crippen molar-refractivity contribution in [2.75, 3.05) is 0 Å². The van der Waals surface area contributed by atoms with Crippen LogP contribution < -0.4 is 4.57 Å². The first-order valence-corrected chi connectivity index (χ1v) is 9.46. The largest absolute Gasteiger partial charge is 0.455 e. The lowest BCUT2D eigenvalue weighted by molar-refractivity contribution is -0.660. The summed E-state index contributed by atoms with van der Waals surface area (Å²) in [4.78, 5) is 0. The molecule has 28 heavy (non-hydrogen) atoms. The molecule has 0 saturated carbocycles. The van der Waals surface area contributed by atoms with Crippen LogP contribution in [0.1, 0.15) is 16.7 Å². The Hall–Kier alpha value is -3.20. The van der Waals surface area contributed by atoms with E-state index >= 15 is 0 Å². The second-order valence-electron chi connectivity index (χ2n) is 7.65. The van der Waals surface area contributed by atoms with Gasteiger partial charge in [0.2, 0.25) is 5.69 Å². The van der Waals surface area contributed by atoms with Gasteiger partial charge >= 0.3 is 0 Å². The van der Waals surface area contributed by atoms with Gasteiger partial charge < -0.3 is 4.42 Å². The zero-order valence-electron chi connectivity index (χ0n) is 16.4. The fourth-order valence-corrected chi connectivity index (χ4v) is 4.21. The molecule has 0 spiro atoms. The van der Waals surface area contributed by atoms with Crippen LogP contribution in [-0.4, -0.2) is 0 Å². The van der Waals surface area contributed by atoms with Crippen LogP contribution in [-0.2, 0) is 7.05 Å². The summed E-state index contributed by atoms with van der Waals surface area (Å²) in [7, 11) is 2.05. The summed E-state index contributed by atoms with van der Waals surface area (Å²) in [6.07, 6.45) is 2.14. The van der Waals surface area contributed by atoms with Crippen molar-refractivity contribution in [3.63, 3.8) is 0 Å². The number of benzene rings is 3. The van der Waals surface area contributed by atoms with Gasteiger partial charge in [0, 0.05) is 33.9 Å². The molecule has 2 aromatic heterocycles. The highest BCUT2D eigenvalue weighted by atomic mass is 19.1. The molecule has 0 unspecified atom stereocenters. The fraction of sp³-hybridized carbons (Fsp3) is 0.160. The predicted molar refractivity (Wildman–Crippen MR) is 112 cm³/mol. The minimum absolute atomic E-state index is 0.253. The van der Waals surface area contributed by atoms with Gasteiger partial charge in [-0.25, -0.2) is 8.96 Å². The highest BCUT2D eigenvalue weighted by molar-refractivity contribution is 6.20. The molecule has 2 heterocycles. The summed E-state index contributed by atoms with van der Waals surface area (Å²) in [5, 5.41) is 3.50. The van der Waals surface area contributed by atoms with Gasteiger partial charge in [-0.15, -0.1) is 0 Å². The van der Waals surface area contributed by atoms with E-state index in [-0.39, 0.29) is 5.82 Å². The third kappa shape index (κ3) is 2.29. The highest BCUT2D eigenvalue weighted by Crippen LogP contribution is 2.40. The molecule has 0 aliphatic rings. The molecule has 0 bridgehead atoms. The van der Waals surface area contributed by atoms with Gasteiger partial charge in [-0.1, -0.05) is 36.4 Å². The van der Waals surface area contributed by atoms with Crippen LogP contribution in [0, 0.1) is 26.6 Å². The Morgan fingerprint density at radius 2 is 1.57 bits per heavy atom. The van der Waals surface area contributed by atoms with Crippen molar-refractivity contribution in [1.29, 1.82) is 0 Å². The number of hydrogen-bond acceptors (Lipinski definition) is 1. The van der Waals surface area contributed by atoms with E-state index in [1.165, 1.54) is 17.2 Å². The van der Waals surface area contributed by atoms with Crippen LogP contribution in [0.15, 0.2) is 59.1 Å². The van der Waals surface area contributed by atoms with E-state index in [0.29, 0.717) is 11.0 Å². The Morgan fingerprint density at radius 1 is 0.821 bits per heavy atom. The van der Waals surface area contributed by atoms with Crippen molar-refractivity contribution in [3.8, 4) is 11.3 Å². The second kappa shape index (κ2) is 5.90. The van der Waals surface area contributed by atoms with Crippen molar-refractivity contribution in [2.24, 2.45) is 7.05 Å². The molecule has 2 nitrogen and oxygen atoms in total. The molecule has 138 valence electrons. The van der Waals surface area contributed by atoms with Gasteiger partial charge in [0.05, 0.1) is 5.56 Å². The summed E-state index contributed by atoms with van der Waals surface area (Å²) in [6.45, 7) is 6.33. The molecule has 0 saturated heterocycles. The molecule has 5 rings (SSSR count). The van der Waals surface area contributed by atoms with Crippen LogP contribution in [0.2, 0.25) is 0 Å². The summed E-state index contributed by atoms with van der Waals surface area (Å²) in [6, 6.07) is 15.5. The second-order valence-corrected chi connectivity index (χ2v) is 7.65. The number of hydrogen-bond donors (Lipinski definition) is 0. The van der Waals surface area contributed by atoms with E-state index in [1.54, 1.807) is 0 Å². The van der Waals surface area contributed by atoms with Crippen LogP contribution in [0.5, 0.6) is 0 Å². The van der Waals surface area contributed by atoms with Gasteiger partial charge in [0.15, 0.2) is 6.20 Å². The lowest BCUT2D eigenvalue weighted by Gasteiger charge is -2.08. The molecule has 0 fully saturated rings. The molecular formula is C25H21FNO+. The Labute approximate surface area is 162 Å². The topological polar surface area (TPSA) is 17.0 Å². The molecular weight excluding hydrogens is 349 g/mol. The summed E-state index contributed by atoms with van der Waals surface area (Å²) in [5.74, 6) is -0.253. The molecule has 5 aromatic rings. The number of aromatic nitrogens is 1. The molecule has 0 atom stereocenters. The van der Waals surface area contributed by atoms with Gasteiger partial charge in [0.1, 0.15) is 24.0 Å². The average Bonchev–Trinajstić information content (AvgIpc) is 3.03. The van der Waals surface area contributed by atoms with E-state index in [2.05, 4.69) is 56.8 Å². The average molecular weight is 370 g/mol. The summed E-state index contributed by atoms with van der Waals surface area (Å²) >= 11 is 0. The number of nitrogens with zero attached hydrogens (tertiary/aromatic N) is 1. The Morgan fingerprint density at radius 3 is 2.36 bits per heavy atom. The smallest absolute Gasteiger partial charge is 0.216 e. The lowest BCUT2D eigenvalue weighted by atomic mass is 9.97. The van der Waals surface area contributed by atoms with Gasteiger partial charge in [-0.05, 0) is 37.3 Å². The predicted octanol–water partition coefficient (Wildman–Crippen LogP) is 6.30. The Kier molecular flexibility index (Phi) is 3.57. The highest BCUT2D eigenvalue weighted by Gasteiger charge is 2.22. The Bertz CT molecular complexity index is 1410. The van der Waals surface area contributed by atoms with Crippen molar-refractivity contribution in [3.05, 3.63) is 77.2 Å². The minimum Gasteiger partial charge on any atom is -0.455 e. The normalized spacial score (nSPS) is 11.8. The first kappa shape index (κ1) is 16.9. The van der Waals surface area contributed by atoms with Gasteiger partial charge in [-0.3, -0.25) is 0 Å². The number of aryl methyl sites for hydroxylation is 4. The molecule has 3 aromatic carbocycles. The van der Waals surface area contributed by atoms with Crippen molar-refractivity contribution >= 4 is 32.7 Å². The molecule has 0 N–H and O–H groups in total. The van der Waals surface area contributed by atoms with E-state index in [0.717, 1.165) is 38.6 Å². The number of furan rings is 1. The van der Waals surface area contributed by atoms with Crippen LogP contribution in [0.4, 0.5) is 4.39 Å². The summed E-state index contributed by atoms with van der Waals surface area (Å²) in [5.41, 5.74) is 7.16. The van der Waals surface area contributed by atoms with Crippen LogP contribution in [0.3, 0.4) is 0 Å². The summed E-state index contributed by atoms with van der Waals surface area (Å²) < 4.78 is 23.1. The zero-order chi connectivity index (χ0) is 19.6. The van der Waals surface area contributed by atoms with E-state index < -0.39 is 0 Å². The van der Waals surface area contributed by atoms with Gasteiger partial charge in [0.25, 0.3) is 0 Å². The van der Waals surface area contributed by atoms with Crippen LogP contribution in [0.25, 0.3) is 44.0 Å². The van der Waals surface area contributed by atoms with Crippen molar-refractivity contribution < 1.29 is 13.4 Å². The van der Waals surface area contributed by atoms with Crippen molar-refractivity contribution in [1.82, 2.24) is 0 Å². The molecule has 0 aliphatic carbocycles. The monoisotopic (exact) mass is 370 g/mol. The number of fused-ring (bicyclic) bond motifs is 5. The van der Waals surface area contributed by atoms with E-state index in [1.807, 2.05) is 24.3 Å². The third-order valence-corrected chi connectivity index (χ3v) is 5.80. The fourth-order valence-electron chi connectivity index (χ4n) is 4.21. The Balaban J connectivity index is 1.97. The van der Waals surface area contributed by atoms with E-state index in [9.17, 15) is 4.39 Å². The first-order valence-electron chi connectivity index (χ1n) is 9.46. The lowest BCUT2D eigenvalue weighted by Crippen LogP contribution is -2.31. The minimum atomic E-state index is -0.253. The number of rotatable bonds is 1. The number of halogens is 1.